The van der Waals surface area contributed by atoms with Crippen LogP contribution in [0.25, 0.3) is 0 Å². The van der Waals surface area contributed by atoms with Gasteiger partial charge in [0, 0.05) is 18.3 Å². The van der Waals surface area contributed by atoms with E-state index in [1.807, 2.05) is 17.8 Å². The van der Waals surface area contributed by atoms with Gasteiger partial charge in [-0.25, -0.2) is 0 Å². The van der Waals surface area contributed by atoms with Crippen LogP contribution < -0.4 is 0 Å². The van der Waals surface area contributed by atoms with Gasteiger partial charge in [0.2, 0.25) is 0 Å². The lowest BCUT2D eigenvalue weighted by molar-refractivity contribution is -0.0388. The fourth-order valence-corrected chi connectivity index (χ4v) is 1.58. The maximum absolute atomic E-state index is 9.94. The van der Waals surface area contributed by atoms with Crippen molar-refractivity contribution in [3.63, 3.8) is 0 Å². The summed E-state index contributed by atoms with van der Waals surface area (Å²) in [5, 5.41) is 14.1. The number of aromatic nitrogens is 2. The zero-order valence-corrected chi connectivity index (χ0v) is 7.32. The summed E-state index contributed by atoms with van der Waals surface area (Å²) in [6.07, 6.45) is 6.64. The second-order valence-electron chi connectivity index (χ2n) is 3.47. The highest BCUT2D eigenvalue weighted by Gasteiger charge is 2.37. The zero-order valence-electron chi connectivity index (χ0n) is 7.32. The Kier molecular flexibility index (Phi) is 1.68. The normalized spacial score (nSPS) is 20.5. The lowest BCUT2D eigenvalue weighted by atomic mass is 9.76. The second kappa shape index (κ2) is 2.59. The smallest absolute Gasteiger partial charge is 0.0926 e. The number of rotatable bonds is 2. The van der Waals surface area contributed by atoms with Crippen molar-refractivity contribution >= 4 is 0 Å². The van der Waals surface area contributed by atoms with Crippen LogP contribution in [0.4, 0.5) is 0 Å². The SMILES string of the molecule is CCn1cc(C2(O)CCC2)cn1. The molecule has 0 bridgehead atoms. The molecule has 0 spiro atoms. The molecule has 0 aromatic carbocycles. The fourth-order valence-electron chi connectivity index (χ4n) is 1.58. The summed E-state index contributed by atoms with van der Waals surface area (Å²) in [7, 11) is 0. The molecule has 1 aliphatic rings. The number of hydrogen-bond acceptors (Lipinski definition) is 2. The molecule has 3 heteroatoms. The highest BCUT2D eigenvalue weighted by atomic mass is 16.3. The molecule has 0 amide bonds. The molecule has 0 unspecified atom stereocenters. The van der Waals surface area contributed by atoms with Gasteiger partial charge in [0.1, 0.15) is 0 Å². The molecule has 3 nitrogen and oxygen atoms in total. The highest BCUT2D eigenvalue weighted by molar-refractivity contribution is 5.18. The molecule has 1 saturated carbocycles. The van der Waals surface area contributed by atoms with E-state index in [0.29, 0.717) is 0 Å². The largest absolute Gasteiger partial charge is 0.385 e. The molecule has 0 radical (unpaired) electrons. The lowest BCUT2D eigenvalue weighted by Gasteiger charge is -2.35. The van der Waals surface area contributed by atoms with Crippen molar-refractivity contribution in [3.8, 4) is 0 Å². The first-order valence-electron chi connectivity index (χ1n) is 4.50. The minimum atomic E-state index is -0.548. The Morgan fingerprint density at radius 1 is 1.67 bits per heavy atom. The molecule has 0 atom stereocenters. The van der Waals surface area contributed by atoms with Crippen LogP contribution in [0.1, 0.15) is 31.7 Å². The lowest BCUT2D eigenvalue weighted by Crippen LogP contribution is -2.33. The van der Waals surface area contributed by atoms with Gasteiger partial charge < -0.3 is 5.11 Å². The van der Waals surface area contributed by atoms with Gasteiger partial charge in [-0.15, -0.1) is 0 Å². The summed E-state index contributed by atoms with van der Waals surface area (Å²) in [5.41, 5.74) is 0.434. The van der Waals surface area contributed by atoms with E-state index in [1.165, 1.54) is 0 Å². The molecule has 66 valence electrons. The van der Waals surface area contributed by atoms with Gasteiger partial charge >= 0.3 is 0 Å². The molecule has 1 aliphatic carbocycles. The van der Waals surface area contributed by atoms with Crippen LogP contribution in [0, 0.1) is 0 Å². The van der Waals surface area contributed by atoms with E-state index in [9.17, 15) is 5.11 Å². The topological polar surface area (TPSA) is 38.0 Å². The minimum absolute atomic E-state index is 0.548. The predicted octanol–water partition coefficient (Wildman–Crippen LogP) is 1.27. The molecule has 1 fully saturated rings. The van der Waals surface area contributed by atoms with E-state index in [4.69, 9.17) is 0 Å². The van der Waals surface area contributed by atoms with Crippen molar-refractivity contribution < 1.29 is 5.11 Å². The molecule has 12 heavy (non-hydrogen) atoms. The number of hydrogen-bond donors (Lipinski definition) is 1. The summed E-state index contributed by atoms with van der Waals surface area (Å²) in [4.78, 5) is 0. The molecule has 1 aromatic rings. The molecule has 2 rings (SSSR count). The number of aliphatic hydroxyl groups is 1. The first-order chi connectivity index (χ1) is 5.74. The third-order valence-corrected chi connectivity index (χ3v) is 2.68. The average molecular weight is 166 g/mol. The van der Waals surface area contributed by atoms with Gasteiger partial charge in [-0.05, 0) is 26.2 Å². The van der Waals surface area contributed by atoms with Crippen LogP contribution in [-0.2, 0) is 12.1 Å². The van der Waals surface area contributed by atoms with Crippen molar-refractivity contribution in [1.29, 1.82) is 0 Å². The van der Waals surface area contributed by atoms with Crippen LogP contribution >= 0.6 is 0 Å². The van der Waals surface area contributed by atoms with Gasteiger partial charge in [0.15, 0.2) is 0 Å². The average Bonchev–Trinajstić information content (AvgIpc) is 2.48. The molecular formula is C9H14N2O. The molecule has 0 saturated heterocycles. The van der Waals surface area contributed by atoms with Crippen LogP contribution in [0.15, 0.2) is 12.4 Å². The first kappa shape index (κ1) is 7.80. The molecule has 1 N–H and O–H groups in total. The molecular weight excluding hydrogens is 152 g/mol. The van der Waals surface area contributed by atoms with Crippen molar-refractivity contribution in [2.75, 3.05) is 0 Å². The Morgan fingerprint density at radius 2 is 2.42 bits per heavy atom. The zero-order chi connectivity index (χ0) is 8.60. The Labute approximate surface area is 72.0 Å². The standard InChI is InChI=1S/C9H14N2O/c1-2-11-7-8(6-10-11)9(12)4-3-5-9/h6-7,12H,2-5H2,1H3. The van der Waals surface area contributed by atoms with E-state index in [1.54, 1.807) is 6.20 Å². The van der Waals surface area contributed by atoms with E-state index in [0.717, 1.165) is 31.4 Å². The number of nitrogens with zero attached hydrogens (tertiary/aromatic N) is 2. The van der Waals surface area contributed by atoms with Crippen molar-refractivity contribution in [1.82, 2.24) is 9.78 Å². The Morgan fingerprint density at radius 3 is 2.83 bits per heavy atom. The predicted molar refractivity (Wildman–Crippen MR) is 45.6 cm³/mol. The monoisotopic (exact) mass is 166 g/mol. The maximum Gasteiger partial charge on any atom is 0.0926 e. The van der Waals surface area contributed by atoms with E-state index in [-0.39, 0.29) is 0 Å². The fraction of sp³-hybridized carbons (Fsp3) is 0.667. The maximum atomic E-state index is 9.94. The number of aryl methyl sites for hydroxylation is 1. The van der Waals surface area contributed by atoms with E-state index < -0.39 is 5.60 Å². The summed E-state index contributed by atoms with van der Waals surface area (Å²) in [6.45, 7) is 2.91. The van der Waals surface area contributed by atoms with Gasteiger partial charge in [-0.2, -0.15) is 5.10 Å². The van der Waals surface area contributed by atoms with Crippen LogP contribution in [0.5, 0.6) is 0 Å². The Hall–Kier alpha value is -0.830. The van der Waals surface area contributed by atoms with Gasteiger partial charge in [-0.1, -0.05) is 0 Å². The van der Waals surface area contributed by atoms with E-state index >= 15 is 0 Å². The third kappa shape index (κ3) is 1.05. The second-order valence-corrected chi connectivity index (χ2v) is 3.47. The Bertz CT molecular complexity index is 276. The summed E-state index contributed by atoms with van der Waals surface area (Å²) < 4.78 is 1.85. The van der Waals surface area contributed by atoms with Crippen LogP contribution in [-0.4, -0.2) is 14.9 Å². The molecule has 0 aliphatic heterocycles. The van der Waals surface area contributed by atoms with Crippen LogP contribution in [0.3, 0.4) is 0 Å². The van der Waals surface area contributed by atoms with Crippen molar-refractivity contribution in [3.05, 3.63) is 18.0 Å². The molecule has 1 aromatic heterocycles. The van der Waals surface area contributed by atoms with Crippen molar-refractivity contribution in [2.45, 2.75) is 38.3 Å². The quantitative estimate of drug-likeness (QED) is 0.718. The molecule has 1 heterocycles. The van der Waals surface area contributed by atoms with Crippen LogP contribution in [0.2, 0.25) is 0 Å². The summed E-state index contributed by atoms with van der Waals surface area (Å²) in [5.74, 6) is 0. The third-order valence-electron chi connectivity index (χ3n) is 2.68. The highest BCUT2D eigenvalue weighted by Crippen LogP contribution is 2.40. The first-order valence-corrected chi connectivity index (χ1v) is 4.50. The summed E-state index contributed by atoms with van der Waals surface area (Å²) >= 11 is 0. The van der Waals surface area contributed by atoms with Gasteiger partial charge in [0.05, 0.1) is 11.8 Å². The van der Waals surface area contributed by atoms with Gasteiger partial charge in [0.25, 0.3) is 0 Å². The van der Waals surface area contributed by atoms with E-state index in [2.05, 4.69) is 5.10 Å². The van der Waals surface area contributed by atoms with Crippen molar-refractivity contribution in [2.24, 2.45) is 0 Å². The summed E-state index contributed by atoms with van der Waals surface area (Å²) in [6, 6.07) is 0. The minimum Gasteiger partial charge on any atom is -0.385 e. The van der Waals surface area contributed by atoms with Gasteiger partial charge in [-0.3, -0.25) is 4.68 Å². The Balaban J connectivity index is 2.22.